The zero-order valence-corrected chi connectivity index (χ0v) is 18.4. The SMILES string of the molecule is Cc1nc(C(=O)N(C)c2ccc(F)c(F)c2)cn2c(-c3ccc(NC(=O)C4CC4)nc3)cnc12. The molecule has 1 N–H and O–H groups in total. The first-order chi connectivity index (χ1) is 16.3. The van der Waals surface area contributed by atoms with Crippen LogP contribution in [0.1, 0.15) is 29.0 Å². The zero-order chi connectivity index (χ0) is 24.0. The van der Waals surface area contributed by atoms with E-state index in [1.165, 1.54) is 18.0 Å². The number of carbonyl (C=O) groups is 2. The molecule has 0 radical (unpaired) electrons. The van der Waals surface area contributed by atoms with E-state index in [9.17, 15) is 18.4 Å². The molecule has 4 aromatic rings. The summed E-state index contributed by atoms with van der Waals surface area (Å²) >= 11 is 0. The van der Waals surface area contributed by atoms with Crippen molar-refractivity contribution in [3.63, 3.8) is 0 Å². The standard InChI is InChI=1S/C24H20F2N6O2/c1-13-22-28-11-20(15-5-8-21(27-10-15)30-23(33)14-3-4-14)32(22)12-19(29-13)24(34)31(2)16-6-7-17(25)18(26)9-16/h5-12,14H,3-4H2,1-2H3,(H,27,30,33). The Kier molecular flexibility index (Phi) is 5.27. The smallest absolute Gasteiger partial charge is 0.278 e. The van der Waals surface area contributed by atoms with Gasteiger partial charge in [-0.3, -0.25) is 14.0 Å². The Morgan fingerprint density at radius 2 is 1.88 bits per heavy atom. The molecule has 0 atom stereocenters. The fourth-order valence-electron chi connectivity index (χ4n) is 3.63. The third kappa shape index (κ3) is 3.98. The quantitative estimate of drug-likeness (QED) is 0.484. The zero-order valence-electron chi connectivity index (χ0n) is 18.4. The molecule has 3 heterocycles. The third-order valence-corrected chi connectivity index (χ3v) is 5.73. The average Bonchev–Trinajstić information content (AvgIpc) is 3.60. The van der Waals surface area contributed by atoms with E-state index in [1.807, 2.05) is 6.07 Å². The van der Waals surface area contributed by atoms with Crippen LogP contribution in [0.2, 0.25) is 0 Å². The second-order valence-corrected chi connectivity index (χ2v) is 8.21. The Bertz CT molecular complexity index is 1430. The summed E-state index contributed by atoms with van der Waals surface area (Å²) < 4.78 is 28.7. The number of aryl methyl sites for hydroxylation is 1. The van der Waals surface area contributed by atoms with Crippen molar-refractivity contribution in [2.75, 3.05) is 17.3 Å². The van der Waals surface area contributed by atoms with Gasteiger partial charge < -0.3 is 10.2 Å². The van der Waals surface area contributed by atoms with Crippen LogP contribution in [-0.4, -0.2) is 38.2 Å². The molecule has 34 heavy (non-hydrogen) atoms. The number of amides is 2. The number of carbonyl (C=O) groups excluding carboxylic acids is 2. The molecule has 1 aliphatic rings. The molecular weight excluding hydrogens is 442 g/mol. The van der Waals surface area contributed by atoms with Crippen molar-refractivity contribution in [1.29, 1.82) is 0 Å². The number of nitrogens with zero attached hydrogens (tertiary/aromatic N) is 5. The van der Waals surface area contributed by atoms with Gasteiger partial charge >= 0.3 is 0 Å². The number of fused-ring (bicyclic) bond motifs is 1. The summed E-state index contributed by atoms with van der Waals surface area (Å²) in [5, 5.41) is 2.80. The van der Waals surface area contributed by atoms with E-state index >= 15 is 0 Å². The Balaban J connectivity index is 1.46. The summed E-state index contributed by atoms with van der Waals surface area (Å²) in [5.74, 6) is -2.00. The van der Waals surface area contributed by atoms with Crippen LogP contribution >= 0.6 is 0 Å². The first-order valence-electron chi connectivity index (χ1n) is 10.7. The lowest BCUT2D eigenvalue weighted by Gasteiger charge is -2.17. The molecule has 1 aliphatic carbocycles. The van der Waals surface area contributed by atoms with Crippen LogP contribution in [0, 0.1) is 24.5 Å². The maximum Gasteiger partial charge on any atom is 0.278 e. The minimum absolute atomic E-state index is 0.0231. The predicted octanol–water partition coefficient (Wildman–Crippen LogP) is 4.00. The monoisotopic (exact) mass is 462 g/mol. The Morgan fingerprint density at radius 3 is 2.56 bits per heavy atom. The lowest BCUT2D eigenvalue weighted by molar-refractivity contribution is -0.117. The van der Waals surface area contributed by atoms with Gasteiger partial charge in [-0.2, -0.15) is 0 Å². The normalized spacial score (nSPS) is 13.2. The summed E-state index contributed by atoms with van der Waals surface area (Å²) in [5.41, 5.74) is 2.80. The van der Waals surface area contributed by atoms with Gasteiger partial charge in [0.2, 0.25) is 5.91 Å². The lowest BCUT2D eigenvalue weighted by Crippen LogP contribution is -2.28. The number of nitrogens with one attached hydrogen (secondary N) is 1. The van der Waals surface area contributed by atoms with Crippen molar-refractivity contribution < 1.29 is 18.4 Å². The number of hydrogen-bond donors (Lipinski definition) is 1. The molecule has 8 nitrogen and oxygen atoms in total. The fourth-order valence-corrected chi connectivity index (χ4v) is 3.63. The van der Waals surface area contributed by atoms with Crippen molar-refractivity contribution in [2.24, 2.45) is 5.92 Å². The number of imidazole rings is 1. The maximum absolute atomic E-state index is 13.6. The Morgan fingerprint density at radius 1 is 1.09 bits per heavy atom. The molecule has 1 saturated carbocycles. The minimum Gasteiger partial charge on any atom is -0.310 e. The van der Waals surface area contributed by atoms with Crippen LogP contribution in [0.25, 0.3) is 16.9 Å². The topological polar surface area (TPSA) is 92.5 Å². The third-order valence-electron chi connectivity index (χ3n) is 5.73. The van der Waals surface area contributed by atoms with E-state index in [4.69, 9.17) is 0 Å². The minimum atomic E-state index is -1.04. The summed E-state index contributed by atoms with van der Waals surface area (Å²) in [6.07, 6.45) is 6.64. The lowest BCUT2D eigenvalue weighted by atomic mass is 10.2. The van der Waals surface area contributed by atoms with Gasteiger partial charge in [0.15, 0.2) is 17.3 Å². The van der Waals surface area contributed by atoms with E-state index in [0.717, 1.165) is 30.5 Å². The predicted molar refractivity (Wildman–Crippen MR) is 121 cm³/mol. The summed E-state index contributed by atoms with van der Waals surface area (Å²) in [6, 6.07) is 6.76. The second-order valence-electron chi connectivity index (χ2n) is 8.21. The molecule has 5 rings (SSSR count). The van der Waals surface area contributed by atoms with E-state index in [-0.39, 0.29) is 23.2 Å². The number of benzene rings is 1. The number of rotatable bonds is 5. The van der Waals surface area contributed by atoms with Gasteiger partial charge in [-0.15, -0.1) is 0 Å². The first-order valence-corrected chi connectivity index (χ1v) is 10.7. The largest absolute Gasteiger partial charge is 0.310 e. The molecule has 0 bridgehead atoms. The van der Waals surface area contributed by atoms with Crippen molar-refractivity contribution in [1.82, 2.24) is 19.4 Å². The van der Waals surface area contributed by atoms with Crippen LogP contribution in [-0.2, 0) is 4.79 Å². The average molecular weight is 462 g/mol. The molecule has 1 fully saturated rings. The van der Waals surface area contributed by atoms with Crippen molar-refractivity contribution in [2.45, 2.75) is 19.8 Å². The van der Waals surface area contributed by atoms with Crippen molar-refractivity contribution in [3.8, 4) is 11.3 Å². The molecule has 172 valence electrons. The second kappa shape index (κ2) is 8.29. The van der Waals surface area contributed by atoms with E-state index in [0.29, 0.717) is 22.9 Å². The Hall–Kier alpha value is -4.21. The van der Waals surface area contributed by atoms with Crippen molar-refractivity contribution in [3.05, 3.63) is 71.9 Å². The van der Waals surface area contributed by atoms with Crippen LogP contribution in [0.5, 0.6) is 0 Å². The van der Waals surface area contributed by atoms with Crippen LogP contribution in [0.3, 0.4) is 0 Å². The summed E-state index contributed by atoms with van der Waals surface area (Å²) in [4.78, 5) is 39.3. The van der Waals surface area contributed by atoms with Gasteiger partial charge in [0.1, 0.15) is 11.5 Å². The number of anilines is 2. The fraction of sp³-hybridized carbons (Fsp3) is 0.208. The highest BCUT2D eigenvalue weighted by molar-refractivity contribution is 6.04. The van der Waals surface area contributed by atoms with Crippen molar-refractivity contribution >= 4 is 29.0 Å². The van der Waals surface area contributed by atoms with Gasteiger partial charge in [-0.25, -0.2) is 23.7 Å². The van der Waals surface area contributed by atoms with Gasteiger partial charge in [0, 0.05) is 42.7 Å². The van der Waals surface area contributed by atoms with Crippen LogP contribution < -0.4 is 10.2 Å². The highest BCUT2D eigenvalue weighted by atomic mass is 19.2. The van der Waals surface area contributed by atoms with Gasteiger partial charge in [0.25, 0.3) is 5.91 Å². The maximum atomic E-state index is 13.6. The Labute approximate surface area is 193 Å². The van der Waals surface area contributed by atoms with E-state index in [2.05, 4.69) is 20.3 Å². The number of halogens is 2. The first kappa shape index (κ1) is 21.6. The van der Waals surface area contributed by atoms with Gasteiger partial charge in [-0.1, -0.05) is 0 Å². The van der Waals surface area contributed by atoms with E-state index in [1.54, 1.807) is 36.0 Å². The molecule has 3 aromatic heterocycles. The van der Waals surface area contributed by atoms with E-state index < -0.39 is 17.5 Å². The molecule has 0 saturated heterocycles. The summed E-state index contributed by atoms with van der Waals surface area (Å²) in [6.45, 7) is 1.73. The molecule has 0 unspecified atom stereocenters. The van der Waals surface area contributed by atoms with Gasteiger partial charge in [0.05, 0.1) is 17.6 Å². The molecule has 10 heteroatoms. The molecule has 0 spiro atoms. The van der Waals surface area contributed by atoms with Gasteiger partial charge in [-0.05, 0) is 44.0 Å². The van der Waals surface area contributed by atoms with Crippen LogP contribution in [0.15, 0.2) is 48.9 Å². The molecule has 1 aromatic carbocycles. The number of pyridine rings is 1. The number of aromatic nitrogens is 4. The van der Waals surface area contributed by atoms with Crippen LogP contribution in [0.4, 0.5) is 20.3 Å². The molecular formula is C24H20F2N6O2. The molecule has 2 amide bonds. The highest BCUT2D eigenvalue weighted by Crippen LogP contribution is 2.30. The highest BCUT2D eigenvalue weighted by Gasteiger charge is 2.29. The number of hydrogen-bond acceptors (Lipinski definition) is 5. The molecule has 0 aliphatic heterocycles. The summed E-state index contributed by atoms with van der Waals surface area (Å²) in [7, 11) is 1.46.